The van der Waals surface area contributed by atoms with Gasteiger partial charge in [0.05, 0.1) is 4.90 Å². The molecule has 2 rings (SSSR count). The molecule has 1 fully saturated rings. The highest BCUT2D eigenvalue weighted by molar-refractivity contribution is 7.89. The second-order valence-electron chi connectivity index (χ2n) is 4.12. The van der Waals surface area contributed by atoms with Crippen LogP contribution in [0.1, 0.15) is 12.8 Å². The summed E-state index contributed by atoms with van der Waals surface area (Å²) in [6.45, 7) is 0. The molecule has 1 aliphatic rings. The van der Waals surface area contributed by atoms with Crippen LogP contribution in [0.15, 0.2) is 29.2 Å². The fraction of sp³-hybridized carbons (Fsp3) is 0.273. The van der Waals surface area contributed by atoms with Crippen LogP contribution in [-0.4, -0.2) is 31.4 Å². The third-order valence-corrected chi connectivity index (χ3v) is 4.13. The summed E-state index contributed by atoms with van der Waals surface area (Å²) in [6, 6.07) is 4.12. The molecule has 1 atom stereocenters. The monoisotopic (exact) mass is 284 g/mol. The van der Waals surface area contributed by atoms with Crippen molar-refractivity contribution in [3.63, 3.8) is 0 Å². The molecular formula is C11H12N2O5S. The summed E-state index contributed by atoms with van der Waals surface area (Å²) < 4.78 is 26.2. The number of aromatic hydroxyl groups is 1. The molecule has 1 saturated heterocycles. The van der Waals surface area contributed by atoms with Crippen molar-refractivity contribution in [1.82, 2.24) is 10.0 Å². The molecule has 1 unspecified atom stereocenters. The lowest BCUT2D eigenvalue weighted by atomic mass is 10.1. The van der Waals surface area contributed by atoms with Crippen molar-refractivity contribution >= 4 is 21.8 Å². The highest BCUT2D eigenvalue weighted by Gasteiger charge is 2.30. The van der Waals surface area contributed by atoms with Crippen LogP contribution in [0.4, 0.5) is 0 Å². The summed E-state index contributed by atoms with van der Waals surface area (Å²) >= 11 is 0. The van der Waals surface area contributed by atoms with Crippen molar-refractivity contribution in [2.24, 2.45) is 0 Å². The van der Waals surface area contributed by atoms with E-state index < -0.39 is 27.9 Å². The quantitative estimate of drug-likeness (QED) is 0.646. The van der Waals surface area contributed by atoms with Gasteiger partial charge in [0.2, 0.25) is 21.8 Å². The molecule has 0 spiro atoms. The second kappa shape index (κ2) is 4.98. The Bertz CT molecular complexity index is 626. The van der Waals surface area contributed by atoms with Crippen molar-refractivity contribution in [3.05, 3.63) is 24.3 Å². The Morgan fingerprint density at radius 2 is 2.05 bits per heavy atom. The van der Waals surface area contributed by atoms with Crippen molar-refractivity contribution in [1.29, 1.82) is 0 Å². The number of sulfonamides is 1. The smallest absolute Gasteiger partial charge is 0.244 e. The van der Waals surface area contributed by atoms with Crippen LogP contribution < -0.4 is 10.0 Å². The number of phenols is 1. The van der Waals surface area contributed by atoms with E-state index in [0.717, 1.165) is 6.07 Å². The Labute approximate surface area is 109 Å². The molecule has 2 amide bonds. The molecule has 0 bridgehead atoms. The van der Waals surface area contributed by atoms with E-state index in [1.807, 2.05) is 0 Å². The Morgan fingerprint density at radius 1 is 1.32 bits per heavy atom. The van der Waals surface area contributed by atoms with Gasteiger partial charge in [-0.15, -0.1) is 0 Å². The van der Waals surface area contributed by atoms with E-state index in [1.54, 1.807) is 0 Å². The fourth-order valence-corrected chi connectivity index (χ4v) is 2.98. The van der Waals surface area contributed by atoms with E-state index in [4.69, 9.17) is 0 Å². The maximum atomic E-state index is 12.0. The van der Waals surface area contributed by atoms with Crippen LogP contribution in [-0.2, 0) is 19.6 Å². The molecule has 0 radical (unpaired) electrons. The number of carbonyl (C=O) groups excluding carboxylic acids is 2. The number of hydrogen-bond acceptors (Lipinski definition) is 5. The molecule has 1 heterocycles. The first-order valence-electron chi connectivity index (χ1n) is 5.53. The minimum Gasteiger partial charge on any atom is -0.508 e. The van der Waals surface area contributed by atoms with Gasteiger partial charge in [-0.05, 0) is 24.6 Å². The average Bonchev–Trinajstić information content (AvgIpc) is 2.33. The van der Waals surface area contributed by atoms with Crippen molar-refractivity contribution in [2.45, 2.75) is 23.8 Å². The number of rotatable bonds is 3. The SMILES string of the molecule is O=C1CCC(NS(=O)(=O)c2cccc(O)c2)C(=O)N1. The summed E-state index contributed by atoms with van der Waals surface area (Å²) in [7, 11) is -3.91. The van der Waals surface area contributed by atoms with Crippen LogP contribution in [0.2, 0.25) is 0 Å². The summed E-state index contributed by atoms with van der Waals surface area (Å²) in [5, 5.41) is 11.3. The average molecular weight is 284 g/mol. The lowest BCUT2D eigenvalue weighted by molar-refractivity contribution is -0.134. The molecule has 3 N–H and O–H groups in total. The number of piperidine rings is 1. The van der Waals surface area contributed by atoms with Gasteiger partial charge in [0.1, 0.15) is 11.8 Å². The van der Waals surface area contributed by atoms with Crippen molar-refractivity contribution < 1.29 is 23.1 Å². The Morgan fingerprint density at radius 3 is 2.68 bits per heavy atom. The second-order valence-corrected chi connectivity index (χ2v) is 5.84. The molecule has 1 aromatic rings. The highest BCUT2D eigenvalue weighted by atomic mass is 32.2. The molecule has 0 aliphatic carbocycles. The summed E-state index contributed by atoms with van der Waals surface area (Å²) in [4.78, 5) is 22.3. The van der Waals surface area contributed by atoms with E-state index in [0.29, 0.717) is 0 Å². The molecule has 0 aromatic heterocycles. The van der Waals surface area contributed by atoms with Gasteiger partial charge >= 0.3 is 0 Å². The maximum absolute atomic E-state index is 12.0. The number of nitrogens with one attached hydrogen (secondary N) is 2. The van der Waals surface area contributed by atoms with E-state index in [-0.39, 0.29) is 23.5 Å². The highest BCUT2D eigenvalue weighted by Crippen LogP contribution is 2.17. The zero-order valence-corrected chi connectivity index (χ0v) is 10.6. The standard InChI is InChI=1S/C11H12N2O5S/c14-7-2-1-3-8(6-7)19(17,18)13-9-4-5-10(15)12-11(9)16/h1-3,6,9,13-14H,4-5H2,(H,12,15,16). The molecule has 8 heteroatoms. The number of imide groups is 1. The van der Waals surface area contributed by atoms with E-state index in [2.05, 4.69) is 10.0 Å². The van der Waals surface area contributed by atoms with Gasteiger partial charge in [0.15, 0.2) is 0 Å². The van der Waals surface area contributed by atoms with Crippen LogP contribution >= 0.6 is 0 Å². The lowest BCUT2D eigenvalue weighted by Gasteiger charge is -2.21. The molecule has 7 nitrogen and oxygen atoms in total. The Balaban J connectivity index is 2.18. The third-order valence-electron chi connectivity index (χ3n) is 2.66. The molecular weight excluding hydrogens is 272 g/mol. The number of carbonyl (C=O) groups is 2. The topological polar surface area (TPSA) is 113 Å². The van der Waals surface area contributed by atoms with Gasteiger partial charge in [-0.2, -0.15) is 4.72 Å². The first-order chi connectivity index (χ1) is 8.88. The largest absolute Gasteiger partial charge is 0.508 e. The molecule has 0 saturated carbocycles. The first kappa shape index (κ1) is 13.5. The van der Waals surface area contributed by atoms with Gasteiger partial charge in [-0.1, -0.05) is 6.07 Å². The van der Waals surface area contributed by atoms with E-state index in [9.17, 15) is 23.1 Å². The Hall–Kier alpha value is -1.93. The summed E-state index contributed by atoms with van der Waals surface area (Å²) in [5.74, 6) is -1.27. The van der Waals surface area contributed by atoms with Crippen molar-refractivity contribution in [2.75, 3.05) is 0 Å². The Kier molecular flexibility index (Phi) is 3.54. The van der Waals surface area contributed by atoms with Crippen LogP contribution in [0.25, 0.3) is 0 Å². The first-order valence-corrected chi connectivity index (χ1v) is 7.02. The van der Waals surface area contributed by atoms with Gasteiger partial charge in [0, 0.05) is 6.42 Å². The lowest BCUT2D eigenvalue weighted by Crippen LogP contribution is -2.52. The molecule has 102 valence electrons. The normalized spacial score (nSPS) is 20.1. The summed E-state index contributed by atoms with van der Waals surface area (Å²) in [6.07, 6.45) is 0.196. The number of hydrogen-bond donors (Lipinski definition) is 3. The van der Waals surface area contributed by atoms with Gasteiger partial charge in [-0.25, -0.2) is 8.42 Å². The zero-order valence-electron chi connectivity index (χ0n) is 9.79. The number of benzene rings is 1. The minimum atomic E-state index is -3.91. The number of phenolic OH excluding ortho intramolecular Hbond substituents is 1. The van der Waals surface area contributed by atoms with Crippen molar-refractivity contribution in [3.8, 4) is 5.75 Å². The maximum Gasteiger partial charge on any atom is 0.244 e. The van der Waals surface area contributed by atoms with Gasteiger partial charge in [0.25, 0.3) is 0 Å². The molecule has 19 heavy (non-hydrogen) atoms. The van der Waals surface area contributed by atoms with Crippen LogP contribution in [0, 0.1) is 0 Å². The molecule has 1 aliphatic heterocycles. The van der Waals surface area contributed by atoms with Crippen LogP contribution in [0.3, 0.4) is 0 Å². The fourth-order valence-electron chi connectivity index (χ4n) is 1.71. The summed E-state index contributed by atoms with van der Waals surface area (Å²) in [5.41, 5.74) is 0. The van der Waals surface area contributed by atoms with Gasteiger partial charge in [-0.3, -0.25) is 14.9 Å². The van der Waals surface area contributed by atoms with E-state index in [1.165, 1.54) is 18.2 Å². The zero-order chi connectivity index (χ0) is 14.0. The molecule has 1 aromatic carbocycles. The van der Waals surface area contributed by atoms with Gasteiger partial charge < -0.3 is 5.11 Å². The number of amides is 2. The minimum absolute atomic E-state index is 0.0823. The van der Waals surface area contributed by atoms with Crippen LogP contribution in [0.5, 0.6) is 5.75 Å². The predicted molar refractivity (Wildman–Crippen MR) is 64.6 cm³/mol. The van der Waals surface area contributed by atoms with E-state index >= 15 is 0 Å². The predicted octanol–water partition coefficient (Wildman–Crippen LogP) is -0.524. The third kappa shape index (κ3) is 3.09.